The average molecular weight is 200 g/mol. The summed E-state index contributed by atoms with van der Waals surface area (Å²) in [6, 6.07) is 9.28. The predicted molar refractivity (Wildman–Crippen MR) is 60.4 cm³/mol. The van der Waals surface area contributed by atoms with E-state index in [0.29, 0.717) is 5.56 Å². The van der Waals surface area contributed by atoms with Crippen LogP contribution >= 0.6 is 0 Å². The van der Waals surface area contributed by atoms with Gasteiger partial charge in [0, 0.05) is 0 Å². The van der Waals surface area contributed by atoms with E-state index in [0.717, 1.165) is 21.9 Å². The lowest BCUT2D eigenvalue weighted by Gasteiger charge is -2.08. The van der Waals surface area contributed by atoms with Gasteiger partial charge in [0.25, 0.3) is 0 Å². The van der Waals surface area contributed by atoms with Crippen LogP contribution in [-0.4, -0.2) is 11.1 Å². The molecule has 2 heteroatoms. The van der Waals surface area contributed by atoms with Crippen LogP contribution in [0.5, 0.6) is 0 Å². The summed E-state index contributed by atoms with van der Waals surface area (Å²) in [7, 11) is 0. The highest BCUT2D eigenvalue weighted by atomic mass is 16.4. The fourth-order valence-electron chi connectivity index (χ4n) is 1.98. The van der Waals surface area contributed by atoms with Crippen LogP contribution in [0.4, 0.5) is 0 Å². The topological polar surface area (TPSA) is 37.3 Å². The first-order valence-corrected chi connectivity index (χ1v) is 4.83. The third-order valence-corrected chi connectivity index (χ3v) is 2.69. The summed E-state index contributed by atoms with van der Waals surface area (Å²) >= 11 is 0. The maximum atomic E-state index is 11.0. The van der Waals surface area contributed by atoms with E-state index in [4.69, 9.17) is 5.11 Å². The molecule has 0 aliphatic carbocycles. The van der Waals surface area contributed by atoms with Gasteiger partial charge in [-0.2, -0.15) is 0 Å². The zero-order chi connectivity index (χ0) is 11.0. The van der Waals surface area contributed by atoms with Crippen LogP contribution in [0, 0.1) is 13.8 Å². The van der Waals surface area contributed by atoms with E-state index in [2.05, 4.69) is 0 Å². The van der Waals surface area contributed by atoms with Crippen LogP contribution in [-0.2, 0) is 0 Å². The average Bonchev–Trinajstić information content (AvgIpc) is 2.17. The quantitative estimate of drug-likeness (QED) is 0.767. The summed E-state index contributed by atoms with van der Waals surface area (Å²) in [6.45, 7) is 4.00. The predicted octanol–water partition coefficient (Wildman–Crippen LogP) is 3.15. The Labute approximate surface area is 88.2 Å². The van der Waals surface area contributed by atoms with Gasteiger partial charge in [0.2, 0.25) is 0 Å². The second kappa shape index (κ2) is 3.39. The summed E-state index contributed by atoms with van der Waals surface area (Å²) in [5.74, 6) is -0.870. The highest BCUT2D eigenvalue weighted by Gasteiger charge is 2.10. The minimum atomic E-state index is -0.870. The lowest BCUT2D eigenvalue weighted by atomic mass is 9.97. The highest BCUT2D eigenvalue weighted by molar-refractivity contribution is 6.05. The van der Waals surface area contributed by atoms with Gasteiger partial charge in [-0.15, -0.1) is 0 Å². The SMILES string of the molecule is Cc1cccc2c(C(=O)O)ccc(C)c12. The summed E-state index contributed by atoms with van der Waals surface area (Å²) < 4.78 is 0. The Morgan fingerprint density at radius 2 is 1.73 bits per heavy atom. The number of hydrogen-bond acceptors (Lipinski definition) is 1. The van der Waals surface area contributed by atoms with Crippen molar-refractivity contribution in [2.75, 3.05) is 0 Å². The normalized spacial score (nSPS) is 10.5. The molecule has 2 rings (SSSR count). The molecule has 0 unspecified atom stereocenters. The lowest BCUT2D eigenvalue weighted by Crippen LogP contribution is -1.98. The number of aromatic carboxylic acids is 1. The smallest absolute Gasteiger partial charge is 0.336 e. The molecule has 0 saturated heterocycles. The first-order valence-electron chi connectivity index (χ1n) is 4.83. The summed E-state index contributed by atoms with van der Waals surface area (Å²) in [5, 5.41) is 10.9. The van der Waals surface area contributed by atoms with Crippen LogP contribution < -0.4 is 0 Å². The van der Waals surface area contributed by atoms with Gasteiger partial charge in [0.1, 0.15) is 0 Å². The molecule has 0 aliphatic rings. The van der Waals surface area contributed by atoms with Gasteiger partial charge < -0.3 is 5.11 Å². The fourth-order valence-corrected chi connectivity index (χ4v) is 1.98. The molecule has 0 atom stereocenters. The standard InChI is InChI=1S/C13H12O2/c1-8-4-3-5-10-11(13(14)15)7-6-9(2)12(8)10/h3-7H,1-2H3,(H,14,15). The molecule has 2 aromatic carbocycles. The Kier molecular flexibility index (Phi) is 2.19. The Morgan fingerprint density at radius 1 is 1.07 bits per heavy atom. The Bertz CT molecular complexity index is 533. The van der Waals surface area contributed by atoms with Crippen molar-refractivity contribution in [1.29, 1.82) is 0 Å². The van der Waals surface area contributed by atoms with Crippen molar-refractivity contribution in [3.05, 3.63) is 47.0 Å². The van der Waals surface area contributed by atoms with Gasteiger partial charge in [0.15, 0.2) is 0 Å². The number of carbonyl (C=O) groups is 1. The molecule has 1 N–H and O–H groups in total. The number of carboxylic acid groups (broad SMARTS) is 1. The van der Waals surface area contributed by atoms with E-state index in [-0.39, 0.29) is 0 Å². The van der Waals surface area contributed by atoms with Crippen molar-refractivity contribution in [3.63, 3.8) is 0 Å². The largest absolute Gasteiger partial charge is 0.478 e. The molecule has 15 heavy (non-hydrogen) atoms. The van der Waals surface area contributed by atoms with E-state index >= 15 is 0 Å². The zero-order valence-electron chi connectivity index (χ0n) is 8.74. The molecular formula is C13H12O2. The molecule has 0 aromatic heterocycles. The van der Waals surface area contributed by atoms with Crippen molar-refractivity contribution in [2.45, 2.75) is 13.8 Å². The summed E-state index contributed by atoms with van der Waals surface area (Å²) in [5.41, 5.74) is 2.61. The molecular weight excluding hydrogens is 188 g/mol. The second-order valence-electron chi connectivity index (χ2n) is 3.73. The molecule has 76 valence electrons. The van der Waals surface area contributed by atoms with Crippen molar-refractivity contribution in [3.8, 4) is 0 Å². The van der Waals surface area contributed by atoms with Crippen molar-refractivity contribution >= 4 is 16.7 Å². The van der Waals surface area contributed by atoms with E-state index in [1.807, 2.05) is 38.1 Å². The van der Waals surface area contributed by atoms with E-state index in [1.165, 1.54) is 0 Å². The molecule has 2 nitrogen and oxygen atoms in total. The van der Waals surface area contributed by atoms with Crippen LogP contribution in [0.3, 0.4) is 0 Å². The van der Waals surface area contributed by atoms with Crippen molar-refractivity contribution in [1.82, 2.24) is 0 Å². The van der Waals surface area contributed by atoms with Crippen molar-refractivity contribution < 1.29 is 9.90 Å². The molecule has 0 saturated carbocycles. The molecule has 0 spiro atoms. The number of aryl methyl sites for hydroxylation is 2. The second-order valence-corrected chi connectivity index (χ2v) is 3.73. The van der Waals surface area contributed by atoms with Crippen LogP contribution in [0.25, 0.3) is 10.8 Å². The molecule has 0 bridgehead atoms. The van der Waals surface area contributed by atoms with Crippen LogP contribution in [0.1, 0.15) is 21.5 Å². The molecule has 0 amide bonds. The van der Waals surface area contributed by atoms with E-state index < -0.39 is 5.97 Å². The molecule has 0 heterocycles. The van der Waals surface area contributed by atoms with Crippen LogP contribution in [0.2, 0.25) is 0 Å². The van der Waals surface area contributed by atoms with Gasteiger partial charge in [0.05, 0.1) is 5.56 Å². The first kappa shape index (κ1) is 9.71. The van der Waals surface area contributed by atoms with E-state index in [1.54, 1.807) is 6.07 Å². The Morgan fingerprint density at radius 3 is 2.40 bits per heavy atom. The summed E-state index contributed by atoms with van der Waals surface area (Å²) in [6.07, 6.45) is 0. The number of benzene rings is 2. The fraction of sp³-hybridized carbons (Fsp3) is 0.154. The third-order valence-electron chi connectivity index (χ3n) is 2.69. The lowest BCUT2D eigenvalue weighted by molar-refractivity contribution is 0.0699. The number of carboxylic acids is 1. The number of rotatable bonds is 1. The number of hydrogen-bond donors (Lipinski definition) is 1. The minimum Gasteiger partial charge on any atom is -0.478 e. The zero-order valence-corrected chi connectivity index (χ0v) is 8.74. The maximum absolute atomic E-state index is 11.0. The van der Waals surface area contributed by atoms with Gasteiger partial charge in [-0.25, -0.2) is 4.79 Å². The summed E-state index contributed by atoms with van der Waals surface area (Å²) in [4.78, 5) is 11.0. The van der Waals surface area contributed by atoms with Crippen molar-refractivity contribution in [2.24, 2.45) is 0 Å². The van der Waals surface area contributed by atoms with Gasteiger partial charge in [-0.05, 0) is 41.8 Å². The van der Waals surface area contributed by atoms with Crippen LogP contribution in [0.15, 0.2) is 30.3 Å². The first-order chi connectivity index (χ1) is 7.11. The maximum Gasteiger partial charge on any atom is 0.336 e. The Hall–Kier alpha value is -1.83. The Balaban J connectivity index is 2.95. The minimum absolute atomic E-state index is 0.374. The molecule has 0 aliphatic heterocycles. The van der Waals surface area contributed by atoms with Gasteiger partial charge >= 0.3 is 5.97 Å². The molecule has 2 aromatic rings. The van der Waals surface area contributed by atoms with Gasteiger partial charge in [-0.1, -0.05) is 24.3 Å². The number of fused-ring (bicyclic) bond motifs is 1. The third kappa shape index (κ3) is 1.48. The molecule has 0 radical (unpaired) electrons. The monoisotopic (exact) mass is 200 g/mol. The van der Waals surface area contributed by atoms with E-state index in [9.17, 15) is 4.79 Å². The molecule has 0 fully saturated rings. The highest BCUT2D eigenvalue weighted by Crippen LogP contribution is 2.25. The van der Waals surface area contributed by atoms with Gasteiger partial charge in [-0.3, -0.25) is 0 Å².